The number of carbonyl (C=O) groups is 1. The Labute approximate surface area is 105 Å². The second-order valence-electron chi connectivity index (χ2n) is 4.98. The number of benzene rings is 1. The molecule has 94 valence electrons. The predicted molar refractivity (Wildman–Crippen MR) is 66.2 cm³/mol. The molecule has 3 rings (SSSR count). The van der Waals surface area contributed by atoms with Gasteiger partial charge >= 0.3 is 5.97 Å². The quantitative estimate of drug-likeness (QED) is 0.763. The van der Waals surface area contributed by atoms with Crippen molar-refractivity contribution in [2.45, 2.75) is 25.7 Å². The van der Waals surface area contributed by atoms with Crippen LogP contribution in [0.3, 0.4) is 0 Å². The first-order valence-electron chi connectivity index (χ1n) is 6.04. The van der Waals surface area contributed by atoms with E-state index in [2.05, 4.69) is 11.9 Å². The molecule has 1 fully saturated rings. The summed E-state index contributed by atoms with van der Waals surface area (Å²) in [6.45, 7) is 3.88. The Morgan fingerprint density at radius 1 is 1.56 bits per heavy atom. The van der Waals surface area contributed by atoms with Crippen molar-refractivity contribution in [2.24, 2.45) is 5.92 Å². The fourth-order valence-electron chi connectivity index (χ4n) is 2.73. The molecule has 2 unspecified atom stereocenters. The molecule has 0 radical (unpaired) electrons. The number of hydrogen-bond donors (Lipinski definition) is 0. The van der Waals surface area contributed by atoms with Crippen LogP contribution in [-0.2, 0) is 14.9 Å². The highest BCUT2D eigenvalue weighted by atomic mass is 16.5. The summed E-state index contributed by atoms with van der Waals surface area (Å²) >= 11 is 0. The van der Waals surface area contributed by atoms with Gasteiger partial charge in [-0.1, -0.05) is 13.0 Å². The van der Waals surface area contributed by atoms with Crippen LogP contribution in [0.4, 0.5) is 0 Å². The number of aryl methyl sites for hydroxylation is 1. The Balaban J connectivity index is 2.11. The van der Waals surface area contributed by atoms with Crippen LogP contribution in [-0.4, -0.2) is 18.1 Å². The van der Waals surface area contributed by atoms with Crippen molar-refractivity contribution in [1.82, 2.24) is 4.98 Å². The van der Waals surface area contributed by atoms with Crippen molar-refractivity contribution in [3.05, 3.63) is 29.7 Å². The summed E-state index contributed by atoms with van der Waals surface area (Å²) in [5.41, 5.74) is 2.03. The van der Waals surface area contributed by atoms with Gasteiger partial charge in [-0.05, 0) is 30.0 Å². The van der Waals surface area contributed by atoms with Gasteiger partial charge in [0.25, 0.3) is 0 Å². The normalized spacial score (nSPS) is 26.3. The van der Waals surface area contributed by atoms with Gasteiger partial charge in [-0.3, -0.25) is 4.79 Å². The molecule has 1 heterocycles. The zero-order valence-electron chi connectivity index (χ0n) is 10.7. The largest absolute Gasteiger partial charge is 0.468 e. The summed E-state index contributed by atoms with van der Waals surface area (Å²) in [7, 11) is 1.44. The molecule has 1 aromatic carbocycles. The van der Waals surface area contributed by atoms with Crippen molar-refractivity contribution < 1.29 is 13.9 Å². The molecule has 4 heteroatoms. The highest BCUT2D eigenvalue weighted by Crippen LogP contribution is 2.55. The van der Waals surface area contributed by atoms with E-state index in [0.717, 1.165) is 23.1 Å². The Kier molecular flexibility index (Phi) is 2.24. The summed E-state index contributed by atoms with van der Waals surface area (Å²) in [6, 6.07) is 5.76. The number of rotatable bonds is 2. The Bertz CT molecular complexity index is 631. The molecule has 4 nitrogen and oxygen atoms in total. The third kappa shape index (κ3) is 1.38. The minimum Gasteiger partial charge on any atom is -0.468 e. The molecule has 0 aliphatic heterocycles. The Morgan fingerprint density at radius 3 is 2.89 bits per heavy atom. The minimum absolute atomic E-state index is 0.161. The van der Waals surface area contributed by atoms with Crippen LogP contribution in [0, 0.1) is 12.8 Å². The second kappa shape index (κ2) is 3.57. The summed E-state index contributed by atoms with van der Waals surface area (Å²) in [6.07, 6.45) is 0.832. The molecule has 2 atom stereocenters. The van der Waals surface area contributed by atoms with E-state index in [1.807, 2.05) is 25.1 Å². The van der Waals surface area contributed by atoms with Crippen LogP contribution in [0.5, 0.6) is 0 Å². The Morgan fingerprint density at radius 2 is 2.28 bits per heavy atom. The molecule has 18 heavy (non-hydrogen) atoms. The number of hydrogen-bond acceptors (Lipinski definition) is 4. The zero-order chi connectivity index (χ0) is 12.9. The predicted octanol–water partition coefficient (Wildman–Crippen LogP) is 2.59. The van der Waals surface area contributed by atoms with Crippen molar-refractivity contribution in [2.75, 3.05) is 7.11 Å². The number of fused-ring (bicyclic) bond motifs is 1. The average molecular weight is 245 g/mol. The number of carbonyl (C=O) groups excluding carboxylic acids is 1. The second-order valence-corrected chi connectivity index (χ2v) is 4.98. The number of nitrogens with zero attached hydrogens (tertiary/aromatic N) is 1. The first kappa shape index (κ1) is 11.3. The lowest BCUT2D eigenvalue weighted by molar-refractivity contribution is -0.144. The highest BCUT2D eigenvalue weighted by Gasteiger charge is 2.59. The van der Waals surface area contributed by atoms with E-state index in [1.54, 1.807) is 0 Å². The molecule has 0 saturated heterocycles. The van der Waals surface area contributed by atoms with Gasteiger partial charge in [-0.25, -0.2) is 4.98 Å². The Hall–Kier alpha value is -1.84. The maximum absolute atomic E-state index is 12.0. The SMILES string of the molecule is COC(=O)C1(c2ccc3nc(C)oc3c2)CC1C. The van der Waals surface area contributed by atoms with Gasteiger partial charge in [0.1, 0.15) is 5.52 Å². The number of ether oxygens (including phenoxy) is 1. The highest BCUT2D eigenvalue weighted by molar-refractivity contribution is 5.89. The number of methoxy groups -OCH3 is 1. The van der Waals surface area contributed by atoms with E-state index >= 15 is 0 Å². The summed E-state index contributed by atoms with van der Waals surface area (Å²) in [4.78, 5) is 16.2. The smallest absolute Gasteiger partial charge is 0.316 e. The van der Waals surface area contributed by atoms with Crippen LogP contribution in [0.1, 0.15) is 24.8 Å². The molecule has 1 aliphatic carbocycles. The zero-order valence-corrected chi connectivity index (χ0v) is 10.7. The lowest BCUT2D eigenvalue weighted by atomic mass is 9.93. The number of aromatic nitrogens is 1. The van der Waals surface area contributed by atoms with Gasteiger partial charge in [0.05, 0.1) is 12.5 Å². The third-order valence-electron chi connectivity index (χ3n) is 3.87. The molecule has 2 aromatic rings. The first-order valence-corrected chi connectivity index (χ1v) is 6.04. The van der Waals surface area contributed by atoms with Crippen LogP contribution < -0.4 is 0 Å². The van der Waals surface area contributed by atoms with Crippen molar-refractivity contribution >= 4 is 17.1 Å². The lowest BCUT2D eigenvalue weighted by Crippen LogP contribution is -2.23. The van der Waals surface area contributed by atoms with Crippen molar-refractivity contribution in [3.8, 4) is 0 Å². The monoisotopic (exact) mass is 245 g/mol. The van der Waals surface area contributed by atoms with Crippen LogP contribution in [0.25, 0.3) is 11.1 Å². The minimum atomic E-state index is -0.483. The third-order valence-corrected chi connectivity index (χ3v) is 3.87. The van der Waals surface area contributed by atoms with Crippen LogP contribution in [0.2, 0.25) is 0 Å². The standard InChI is InChI=1S/C14H15NO3/c1-8-7-14(8,13(16)17-3)10-4-5-11-12(6-10)18-9(2)15-11/h4-6,8H,7H2,1-3H3. The number of oxazole rings is 1. The van der Waals surface area contributed by atoms with Crippen LogP contribution in [0.15, 0.2) is 22.6 Å². The van der Waals surface area contributed by atoms with E-state index < -0.39 is 5.41 Å². The molecular weight excluding hydrogens is 230 g/mol. The van der Waals surface area contributed by atoms with E-state index in [-0.39, 0.29) is 5.97 Å². The van der Waals surface area contributed by atoms with E-state index in [4.69, 9.17) is 9.15 Å². The molecule has 0 N–H and O–H groups in total. The summed E-state index contributed by atoms with van der Waals surface area (Å²) in [5, 5.41) is 0. The van der Waals surface area contributed by atoms with E-state index in [9.17, 15) is 4.79 Å². The maximum Gasteiger partial charge on any atom is 0.316 e. The molecular formula is C14H15NO3. The fraction of sp³-hybridized carbons (Fsp3) is 0.429. The summed E-state index contributed by atoms with van der Waals surface area (Å²) in [5.74, 6) is 0.787. The fourth-order valence-corrected chi connectivity index (χ4v) is 2.73. The van der Waals surface area contributed by atoms with Gasteiger partial charge in [0.2, 0.25) is 0 Å². The van der Waals surface area contributed by atoms with Gasteiger partial charge in [-0.15, -0.1) is 0 Å². The molecule has 0 bridgehead atoms. The summed E-state index contributed by atoms with van der Waals surface area (Å²) < 4.78 is 10.5. The number of esters is 1. The maximum atomic E-state index is 12.0. The topological polar surface area (TPSA) is 52.3 Å². The molecule has 0 spiro atoms. The first-order chi connectivity index (χ1) is 8.57. The van der Waals surface area contributed by atoms with E-state index in [0.29, 0.717) is 11.8 Å². The van der Waals surface area contributed by atoms with Gasteiger partial charge in [-0.2, -0.15) is 0 Å². The molecule has 1 saturated carbocycles. The average Bonchev–Trinajstić information content (AvgIpc) is 2.89. The molecule has 0 amide bonds. The van der Waals surface area contributed by atoms with E-state index in [1.165, 1.54) is 7.11 Å². The lowest BCUT2D eigenvalue weighted by Gasteiger charge is -2.14. The van der Waals surface area contributed by atoms with Crippen molar-refractivity contribution in [1.29, 1.82) is 0 Å². The van der Waals surface area contributed by atoms with Gasteiger partial charge in [0.15, 0.2) is 11.5 Å². The van der Waals surface area contributed by atoms with Crippen molar-refractivity contribution in [3.63, 3.8) is 0 Å². The molecule has 1 aromatic heterocycles. The van der Waals surface area contributed by atoms with Gasteiger partial charge < -0.3 is 9.15 Å². The molecule has 1 aliphatic rings. The van der Waals surface area contributed by atoms with Crippen LogP contribution >= 0.6 is 0 Å². The van der Waals surface area contributed by atoms with Gasteiger partial charge in [0, 0.05) is 6.92 Å².